The SMILES string of the molecule is CCOC(=O)C1=C(c2ccccc2)N=c2s/c(=C/c3ccc(Sc4ncccn4)o3)c(=O)n2[C@H]1c1ccccc1. The van der Waals surface area contributed by atoms with Crippen molar-refractivity contribution in [2.24, 2.45) is 4.99 Å². The highest BCUT2D eigenvalue weighted by Gasteiger charge is 2.35. The van der Waals surface area contributed by atoms with Crippen LogP contribution in [0.1, 0.15) is 29.9 Å². The summed E-state index contributed by atoms with van der Waals surface area (Å²) in [5.74, 6) is -0.00286. The molecule has 8 nitrogen and oxygen atoms in total. The molecule has 40 heavy (non-hydrogen) atoms. The molecule has 0 saturated carbocycles. The molecule has 1 aliphatic heterocycles. The van der Waals surface area contributed by atoms with Crippen molar-refractivity contribution in [2.75, 3.05) is 6.61 Å². The van der Waals surface area contributed by atoms with Crippen molar-refractivity contribution in [1.29, 1.82) is 0 Å². The topological polar surface area (TPSA) is 99.6 Å². The largest absolute Gasteiger partial charge is 0.463 e. The predicted molar refractivity (Wildman–Crippen MR) is 152 cm³/mol. The summed E-state index contributed by atoms with van der Waals surface area (Å²) in [5, 5.41) is 1.16. The molecule has 4 heterocycles. The third-order valence-corrected chi connectivity index (χ3v) is 7.90. The summed E-state index contributed by atoms with van der Waals surface area (Å²) in [6.45, 7) is 1.95. The molecular formula is C30H22N4O4S2. The molecule has 0 radical (unpaired) electrons. The summed E-state index contributed by atoms with van der Waals surface area (Å²) < 4.78 is 13.4. The third-order valence-electron chi connectivity index (χ3n) is 6.10. The van der Waals surface area contributed by atoms with Crippen LogP contribution in [-0.2, 0) is 9.53 Å². The van der Waals surface area contributed by atoms with Gasteiger partial charge in [-0.2, -0.15) is 0 Å². The monoisotopic (exact) mass is 566 g/mol. The van der Waals surface area contributed by atoms with Crippen molar-refractivity contribution in [3.05, 3.63) is 133 Å². The van der Waals surface area contributed by atoms with E-state index >= 15 is 0 Å². The fourth-order valence-electron chi connectivity index (χ4n) is 4.42. The van der Waals surface area contributed by atoms with E-state index < -0.39 is 12.0 Å². The molecule has 0 saturated heterocycles. The predicted octanol–water partition coefficient (Wildman–Crippen LogP) is 4.47. The number of fused-ring (bicyclic) bond motifs is 1. The summed E-state index contributed by atoms with van der Waals surface area (Å²) in [6, 6.07) is 23.6. The lowest BCUT2D eigenvalue weighted by Gasteiger charge is -2.25. The first kappa shape index (κ1) is 25.7. The Hall–Kier alpha value is -4.54. The molecule has 6 rings (SSSR count). The van der Waals surface area contributed by atoms with E-state index in [1.54, 1.807) is 42.1 Å². The van der Waals surface area contributed by atoms with Gasteiger partial charge in [0, 0.05) is 24.0 Å². The Morgan fingerprint density at radius 1 is 1.02 bits per heavy atom. The van der Waals surface area contributed by atoms with Crippen LogP contribution in [-0.4, -0.2) is 27.1 Å². The summed E-state index contributed by atoms with van der Waals surface area (Å²) >= 11 is 2.53. The molecule has 3 aromatic heterocycles. The van der Waals surface area contributed by atoms with Gasteiger partial charge < -0.3 is 9.15 Å². The molecule has 0 fully saturated rings. The second-order valence-electron chi connectivity index (χ2n) is 8.63. The number of thiazole rings is 1. The highest BCUT2D eigenvalue weighted by Crippen LogP contribution is 2.35. The summed E-state index contributed by atoms with van der Waals surface area (Å²) in [5.41, 5.74) is 2.07. The van der Waals surface area contributed by atoms with Crippen molar-refractivity contribution in [2.45, 2.75) is 23.2 Å². The minimum absolute atomic E-state index is 0.198. The number of benzene rings is 2. The lowest BCUT2D eigenvalue weighted by Crippen LogP contribution is -2.39. The number of hydrogen-bond donors (Lipinski definition) is 0. The van der Waals surface area contributed by atoms with E-state index in [0.717, 1.165) is 11.1 Å². The summed E-state index contributed by atoms with van der Waals surface area (Å²) in [4.78, 5) is 41.1. The van der Waals surface area contributed by atoms with Gasteiger partial charge in [-0.3, -0.25) is 9.36 Å². The number of hydrogen-bond acceptors (Lipinski definition) is 9. The summed E-state index contributed by atoms with van der Waals surface area (Å²) in [6.07, 6.45) is 5.02. The van der Waals surface area contributed by atoms with E-state index in [1.165, 1.54) is 23.1 Å². The van der Waals surface area contributed by atoms with Crippen LogP contribution in [0.2, 0.25) is 0 Å². The highest BCUT2D eigenvalue weighted by molar-refractivity contribution is 7.99. The van der Waals surface area contributed by atoms with Gasteiger partial charge in [0.2, 0.25) is 0 Å². The van der Waals surface area contributed by atoms with Gasteiger partial charge in [0.05, 0.1) is 28.5 Å². The van der Waals surface area contributed by atoms with Crippen molar-refractivity contribution in [1.82, 2.24) is 14.5 Å². The number of rotatable bonds is 7. The first-order chi connectivity index (χ1) is 19.6. The maximum Gasteiger partial charge on any atom is 0.338 e. The molecule has 5 aromatic rings. The maximum atomic E-state index is 13.9. The molecule has 0 spiro atoms. The van der Waals surface area contributed by atoms with Crippen LogP contribution in [0, 0.1) is 0 Å². The first-order valence-electron chi connectivity index (χ1n) is 12.5. The van der Waals surface area contributed by atoms with Gasteiger partial charge in [-0.15, -0.1) is 0 Å². The molecule has 1 aliphatic rings. The Morgan fingerprint density at radius 2 is 1.75 bits per heavy atom. The molecule has 0 amide bonds. The van der Waals surface area contributed by atoms with Crippen LogP contribution >= 0.6 is 23.1 Å². The Morgan fingerprint density at radius 3 is 2.48 bits per heavy atom. The lowest BCUT2D eigenvalue weighted by atomic mass is 9.93. The molecule has 10 heteroatoms. The minimum atomic E-state index is -0.716. The van der Waals surface area contributed by atoms with Crippen molar-refractivity contribution in [3.63, 3.8) is 0 Å². The standard InChI is InChI=1S/C30H22N4O4S2/c1-2-37-28(36)24-25(19-10-5-3-6-11-19)33-30-34(26(24)20-12-7-4-8-13-20)27(35)22(39-30)18-21-14-15-23(38-21)40-29-31-16-9-17-32-29/h3-18,26H,2H2,1H3/b22-18+/t26-/m0/s1. The molecule has 2 aromatic carbocycles. The van der Waals surface area contributed by atoms with Crippen LogP contribution in [0.5, 0.6) is 0 Å². The van der Waals surface area contributed by atoms with Crippen molar-refractivity contribution in [3.8, 4) is 0 Å². The average molecular weight is 567 g/mol. The fourth-order valence-corrected chi connectivity index (χ4v) is 6.08. The Labute approximate surface area is 237 Å². The van der Waals surface area contributed by atoms with Crippen LogP contribution in [0.25, 0.3) is 11.8 Å². The third kappa shape index (κ3) is 5.06. The maximum absolute atomic E-state index is 13.9. The van der Waals surface area contributed by atoms with Gasteiger partial charge in [0.15, 0.2) is 15.1 Å². The molecule has 198 valence electrons. The second kappa shape index (κ2) is 11.3. The minimum Gasteiger partial charge on any atom is -0.463 e. The number of aromatic nitrogens is 3. The molecule has 0 N–H and O–H groups in total. The van der Waals surface area contributed by atoms with Crippen LogP contribution in [0.15, 0.2) is 121 Å². The van der Waals surface area contributed by atoms with E-state index in [9.17, 15) is 9.59 Å². The van der Waals surface area contributed by atoms with E-state index in [1.807, 2.05) is 66.7 Å². The highest BCUT2D eigenvalue weighted by atomic mass is 32.2. The smallest absolute Gasteiger partial charge is 0.338 e. The number of furan rings is 1. The Bertz CT molecular complexity index is 1880. The lowest BCUT2D eigenvalue weighted by molar-refractivity contribution is -0.138. The van der Waals surface area contributed by atoms with Gasteiger partial charge in [0.25, 0.3) is 5.56 Å². The van der Waals surface area contributed by atoms with E-state index in [4.69, 9.17) is 14.1 Å². The fraction of sp³-hybridized carbons (Fsp3) is 0.100. The summed E-state index contributed by atoms with van der Waals surface area (Å²) in [7, 11) is 0. The average Bonchev–Trinajstić information content (AvgIpc) is 3.56. The normalized spacial score (nSPS) is 15.0. The number of nitrogens with zero attached hydrogens (tertiary/aromatic N) is 4. The van der Waals surface area contributed by atoms with Crippen LogP contribution < -0.4 is 14.9 Å². The van der Waals surface area contributed by atoms with E-state index in [-0.39, 0.29) is 12.2 Å². The molecule has 1 atom stereocenters. The van der Waals surface area contributed by atoms with E-state index in [0.29, 0.717) is 36.6 Å². The molecule has 0 bridgehead atoms. The van der Waals surface area contributed by atoms with Gasteiger partial charge in [-0.1, -0.05) is 72.0 Å². The molecular weight excluding hydrogens is 544 g/mol. The zero-order valence-corrected chi connectivity index (χ0v) is 22.9. The van der Waals surface area contributed by atoms with Crippen LogP contribution in [0.3, 0.4) is 0 Å². The molecule has 0 aliphatic carbocycles. The first-order valence-corrected chi connectivity index (χ1v) is 14.1. The van der Waals surface area contributed by atoms with Gasteiger partial charge in [0.1, 0.15) is 5.76 Å². The number of ether oxygens (including phenoxy) is 1. The zero-order chi connectivity index (χ0) is 27.5. The quantitative estimate of drug-likeness (QED) is 0.212. The Balaban J connectivity index is 1.51. The number of esters is 1. The van der Waals surface area contributed by atoms with Crippen molar-refractivity contribution < 1.29 is 13.9 Å². The molecule has 0 unspecified atom stereocenters. The van der Waals surface area contributed by atoms with Gasteiger partial charge in [-0.25, -0.2) is 19.8 Å². The van der Waals surface area contributed by atoms with E-state index in [2.05, 4.69) is 9.97 Å². The second-order valence-corrected chi connectivity index (χ2v) is 10.6. The Kier molecular flexibility index (Phi) is 7.26. The number of carbonyl (C=O) groups excluding carboxylic acids is 1. The zero-order valence-electron chi connectivity index (χ0n) is 21.3. The van der Waals surface area contributed by atoms with Crippen molar-refractivity contribution >= 4 is 40.8 Å². The number of carbonyl (C=O) groups is 1. The van der Waals surface area contributed by atoms with Gasteiger partial charge in [-0.05, 0) is 42.4 Å². The van der Waals surface area contributed by atoms with Crippen LogP contribution in [0.4, 0.5) is 0 Å². The van der Waals surface area contributed by atoms with Gasteiger partial charge >= 0.3 is 5.97 Å².